The Bertz CT molecular complexity index is 1020. The van der Waals surface area contributed by atoms with E-state index in [1.807, 2.05) is 38.1 Å². The lowest BCUT2D eigenvalue weighted by molar-refractivity contribution is 0.0600. The second-order valence-corrected chi connectivity index (χ2v) is 6.51. The molecular formula is C23H23N3O3. The number of nitrogens with zero attached hydrogens (tertiary/aromatic N) is 2. The van der Waals surface area contributed by atoms with Crippen molar-refractivity contribution in [1.29, 1.82) is 0 Å². The fourth-order valence-electron chi connectivity index (χ4n) is 2.98. The van der Waals surface area contributed by atoms with E-state index < -0.39 is 0 Å². The van der Waals surface area contributed by atoms with Gasteiger partial charge in [-0.05, 0) is 67.9 Å². The summed E-state index contributed by atoms with van der Waals surface area (Å²) in [5.41, 5.74) is 4.27. The average molecular weight is 389 g/mol. The number of anilines is 3. The molecule has 0 saturated carbocycles. The first-order chi connectivity index (χ1) is 14.0. The molecule has 0 fully saturated rings. The van der Waals surface area contributed by atoms with Crippen molar-refractivity contribution in [2.75, 3.05) is 23.9 Å². The van der Waals surface area contributed by atoms with Crippen LogP contribution in [0.2, 0.25) is 0 Å². The highest BCUT2D eigenvalue weighted by atomic mass is 16.5. The third kappa shape index (κ3) is 4.79. The largest absolute Gasteiger partial charge is 0.465 e. The molecule has 0 radical (unpaired) electrons. The number of carbonyl (C=O) groups excluding carboxylic acids is 2. The van der Waals surface area contributed by atoms with Crippen LogP contribution in [0.1, 0.15) is 33.3 Å². The Kier molecular flexibility index (Phi) is 6.24. The van der Waals surface area contributed by atoms with Crippen molar-refractivity contribution >= 4 is 28.9 Å². The molecule has 148 valence electrons. The highest BCUT2D eigenvalue weighted by Gasteiger charge is 2.18. The minimum atomic E-state index is -0.385. The van der Waals surface area contributed by atoms with Crippen LogP contribution in [-0.4, -0.2) is 30.5 Å². The van der Waals surface area contributed by atoms with E-state index in [4.69, 9.17) is 4.74 Å². The SMILES string of the molecule is CCN(C(=O)c1cc(Nc2ccc(C(=O)OC)cc2)ccn1)c1cccc(C)c1. The van der Waals surface area contributed by atoms with Gasteiger partial charge in [0.15, 0.2) is 0 Å². The standard InChI is InChI=1S/C23H23N3O3/c1-4-26(20-7-5-6-16(2)14-20)22(27)21-15-19(12-13-24-21)25-18-10-8-17(9-11-18)23(28)29-3/h5-15H,4H2,1-3H3,(H,24,25). The smallest absolute Gasteiger partial charge is 0.337 e. The number of amides is 1. The maximum atomic E-state index is 13.0. The molecule has 0 aliphatic rings. The average Bonchev–Trinajstić information content (AvgIpc) is 2.74. The van der Waals surface area contributed by atoms with Gasteiger partial charge in [0.25, 0.3) is 5.91 Å². The van der Waals surface area contributed by atoms with Crippen molar-refractivity contribution in [3.63, 3.8) is 0 Å². The molecule has 1 aromatic heterocycles. The van der Waals surface area contributed by atoms with Crippen LogP contribution in [0.15, 0.2) is 66.9 Å². The number of pyridine rings is 1. The second-order valence-electron chi connectivity index (χ2n) is 6.51. The van der Waals surface area contributed by atoms with Crippen molar-refractivity contribution < 1.29 is 14.3 Å². The minimum absolute atomic E-state index is 0.164. The van der Waals surface area contributed by atoms with E-state index in [0.29, 0.717) is 17.8 Å². The number of aryl methyl sites for hydroxylation is 1. The quantitative estimate of drug-likeness (QED) is 0.625. The van der Waals surface area contributed by atoms with Crippen LogP contribution in [0.25, 0.3) is 0 Å². The first-order valence-electron chi connectivity index (χ1n) is 9.32. The summed E-state index contributed by atoms with van der Waals surface area (Å²) < 4.78 is 4.70. The van der Waals surface area contributed by atoms with Gasteiger partial charge in [0.05, 0.1) is 12.7 Å². The number of esters is 1. The van der Waals surface area contributed by atoms with Gasteiger partial charge in [0.1, 0.15) is 5.69 Å². The van der Waals surface area contributed by atoms with Gasteiger partial charge in [-0.1, -0.05) is 12.1 Å². The summed E-state index contributed by atoms with van der Waals surface area (Å²) >= 11 is 0. The van der Waals surface area contributed by atoms with Crippen LogP contribution in [-0.2, 0) is 4.74 Å². The van der Waals surface area contributed by atoms with Crippen LogP contribution < -0.4 is 10.2 Å². The molecule has 0 atom stereocenters. The van der Waals surface area contributed by atoms with Gasteiger partial charge in [-0.2, -0.15) is 0 Å². The Morgan fingerprint density at radius 3 is 2.45 bits per heavy atom. The molecule has 3 rings (SSSR count). The molecule has 1 amide bonds. The molecule has 0 saturated heterocycles. The van der Waals surface area contributed by atoms with Crippen LogP contribution in [0.5, 0.6) is 0 Å². The van der Waals surface area contributed by atoms with E-state index in [9.17, 15) is 9.59 Å². The van der Waals surface area contributed by atoms with Gasteiger partial charge in [0, 0.05) is 29.8 Å². The van der Waals surface area contributed by atoms with Gasteiger partial charge >= 0.3 is 5.97 Å². The van der Waals surface area contributed by atoms with Crippen LogP contribution in [0.3, 0.4) is 0 Å². The van der Waals surface area contributed by atoms with Crippen molar-refractivity contribution in [2.24, 2.45) is 0 Å². The van der Waals surface area contributed by atoms with Crippen molar-refractivity contribution in [2.45, 2.75) is 13.8 Å². The van der Waals surface area contributed by atoms with E-state index in [1.165, 1.54) is 7.11 Å². The maximum Gasteiger partial charge on any atom is 0.337 e. The minimum Gasteiger partial charge on any atom is -0.465 e. The lowest BCUT2D eigenvalue weighted by atomic mass is 10.2. The number of carbonyl (C=O) groups is 2. The van der Waals surface area contributed by atoms with Crippen molar-refractivity contribution in [3.05, 3.63) is 83.7 Å². The predicted octanol–water partition coefficient (Wildman–Crippen LogP) is 4.59. The van der Waals surface area contributed by atoms with E-state index in [2.05, 4.69) is 10.3 Å². The van der Waals surface area contributed by atoms with Crippen LogP contribution in [0.4, 0.5) is 17.1 Å². The van der Waals surface area contributed by atoms with Crippen LogP contribution in [0, 0.1) is 6.92 Å². The number of nitrogens with one attached hydrogen (secondary N) is 1. The monoisotopic (exact) mass is 389 g/mol. The van der Waals surface area contributed by atoms with Gasteiger partial charge in [-0.25, -0.2) is 4.79 Å². The molecule has 3 aromatic rings. The summed E-state index contributed by atoms with van der Waals surface area (Å²) in [6.45, 7) is 4.47. The maximum absolute atomic E-state index is 13.0. The summed E-state index contributed by atoms with van der Waals surface area (Å²) in [6.07, 6.45) is 1.60. The normalized spacial score (nSPS) is 10.3. The Morgan fingerprint density at radius 2 is 1.79 bits per heavy atom. The van der Waals surface area contributed by atoms with E-state index in [0.717, 1.165) is 22.6 Å². The zero-order chi connectivity index (χ0) is 20.8. The summed E-state index contributed by atoms with van der Waals surface area (Å²) in [6, 6.07) is 18.2. The summed E-state index contributed by atoms with van der Waals surface area (Å²) in [5.74, 6) is -0.549. The second kappa shape index (κ2) is 9.01. The van der Waals surface area contributed by atoms with Gasteiger partial charge in [-0.3, -0.25) is 9.78 Å². The topological polar surface area (TPSA) is 71.5 Å². The van der Waals surface area contributed by atoms with Crippen molar-refractivity contribution in [3.8, 4) is 0 Å². The molecule has 0 aliphatic carbocycles. The van der Waals surface area contributed by atoms with Crippen LogP contribution >= 0.6 is 0 Å². The lowest BCUT2D eigenvalue weighted by Crippen LogP contribution is -2.31. The van der Waals surface area contributed by atoms with E-state index >= 15 is 0 Å². The first kappa shape index (κ1) is 20.1. The van der Waals surface area contributed by atoms with Gasteiger partial charge in [-0.15, -0.1) is 0 Å². The van der Waals surface area contributed by atoms with Gasteiger partial charge < -0.3 is 15.0 Å². The fourth-order valence-corrected chi connectivity index (χ4v) is 2.98. The number of benzene rings is 2. The van der Waals surface area contributed by atoms with Gasteiger partial charge in [0.2, 0.25) is 0 Å². The first-order valence-corrected chi connectivity index (χ1v) is 9.32. The predicted molar refractivity (Wildman–Crippen MR) is 114 cm³/mol. The Hall–Kier alpha value is -3.67. The molecule has 0 unspecified atom stereocenters. The molecule has 1 N–H and O–H groups in total. The van der Waals surface area contributed by atoms with E-state index in [1.54, 1.807) is 47.5 Å². The third-order valence-electron chi connectivity index (χ3n) is 4.45. The zero-order valence-corrected chi connectivity index (χ0v) is 16.7. The number of methoxy groups -OCH3 is 1. The molecule has 1 heterocycles. The Balaban J connectivity index is 1.79. The highest BCUT2D eigenvalue weighted by Crippen LogP contribution is 2.21. The highest BCUT2D eigenvalue weighted by molar-refractivity contribution is 6.05. The van der Waals surface area contributed by atoms with Crippen molar-refractivity contribution in [1.82, 2.24) is 4.98 Å². The fraction of sp³-hybridized carbons (Fsp3) is 0.174. The molecule has 29 heavy (non-hydrogen) atoms. The lowest BCUT2D eigenvalue weighted by Gasteiger charge is -2.21. The molecular weight excluding hydrogens is 366 g/mol. The zero-order valence-electron chi connectivity index (χ0n) is 16.7. The molecule has 6 nitrogen and oxygen atoms in total. The number of aromatic nitrogens is 1. The Labute approximate surface area is 170 Å². The molecule has 0 aliphatic heterocycles. The number of hydrogen-bond acceptors (Lipinski definition) is 5. The molecule has 6 heteroatoms. The number of hydrogen-bond donors (Lipinski definition) is 1. The molecule has 0 spiro atoms. The number of rotatable bonds is 6. The molecule has 2 aromatic carbocycles. The summed E-state index contributed by atoms with van der Waals surface area (Å²) in [5, 5.41) is 3.23. The summed E-state index contributed by atoms with van der Waals surface area (Å²) in [4.78, 5) is 30.5. The Morgan fingerprint density at radius 1 is 1.03 bits per heavy atom. The molecule has 0 bridgehead atoms. The number of ether oxygens (including phenoxy) is 1. The third-order valence-corrected chi connectivity index (χ3v) is 4.45. The van der Waals surface area contributed by atoms with E-state index in [-0.39, 0.29) is 11.9 Å². The summed E-state index contributed by atoms with van der Waals surface area (Å²) in [7, 11) is 1.35.